The number of hydrogen-bond donors (Lipinski definition) is 3. The highest BCUT2D eigenvalue weighted by Crippen LogP contribution is 2.16. The SMILES string of the molecule is Cn1c(=O)oc2ccc(CNC(=O)c3cc(C(=O)NCc4cccc(S(N)(=O)=O)c4)n4ncc(F)c4n3)cc21. The van der Waals surface area contributed by atoms with Gasteiger partial charge < -0.3 is 15.1 Å². The van der Waals surface area contributed by atoms with Crippen molar-refractivity contribution in [2.75, 3.05) is 0 Å². The molecular formula is C24H20FN7O6S. The Morgan fingerprint density at radius 1 is 1.05 bits per heavy atom. The molecule has 2 amide bonds. The molecule has 5 rings (SSSR count). The Morgan fingerprint density at radius 3 is 2.51 bits per heavy atom. The average molecular weight is 554 g/mol. The summed E-state index contributed by atoms with van der Waals surface area (Å²) in [5.41, 5.74) is 1.29. The molecule has 0 radical (unpaired) electrons. The summed E-state index contributed by atoms with van der Waals surface area (Å²) in [5, 5.41) is 14.2. The number of nitrogens with two attached hydrogens (primary N) is 1. The van der Waals surface area contributed by atoms with Crippen LogP contribution in [0, 0.1) is 5.82 Å². The lowest BCUT2D eigenvalue weighted by Crippen LogP contribution is -2.28. The maximum absolute atomic E-state index is 14.4. The van der Waals surface area contributed by atoms with Gasteiger partial charge in [-0.15, -0.1) is 0 Å². The van der Waals surface area contributed by atoms with Crippen molar-refractivity contribution < 1.29 is 26.8 Å². The summed E-state index contributed by atoms with van der Waals surface area (Å²) in [6.07, 6.45) is 0.862. The molecule has 3 heterocycles. The zero-order chi connectivity index (χ0) is 27.9. The number of benzene rings is 2. The van der Waals surface area contributed by atoms with Crippen LogP contribution in [0.2, 0.25) is 0 Å². The van der Waals surface area contributed by atoms with Crippen molar-refractivity contribution in [3.8, 4) is 0 Å². The predicted molar refractivity (Wildman–Crippen MR) is 135 cm³/mol. The van der Waals surface area contributed by atoms with Gasteiger partial charge in [-0.3, -0.25) is 14.2 Å². The van der Waals surface area contributed by atoms with E-state index < -0.39 is 33.4 Å². The minimum atomic E-state index is -3.94. The van der Waals surface area contributed by atoms with Gasteiger partial charge in [-0.05, 0) is 35.4 Å². The maximum atomic E-state index is 14.4. The van der Waals surface area contributed by atoms with E-state index in [9.17, 15) is 27.2 Å². The smallest absolute Gasteiger partial charge is 0.408 e. The van der Waals surface area contributed by atoms with Crippen molar-refractivity contribution in [3.05, 3.63) is 93.6 Å². The Bertz CT molecular complexity index is 1940. The molecule has 0 aliphatic carbocycles. The molecule has 0 spiro atoms. The predicted octanol–water partition coefficient (Wildman–Crippen LogP) is 0.821. The standard InChI is InChI=1S/C24H20FN7O6S/c1-31-18-8-14(5-6-20(18)38-24(31)35)11-27-22(33)17-9-19(32-21(30-17)16(25)12-29-32)23(34)28-10-13-3-2-4-15(7-13)39(26,36)37/h2-9,12H,10-11H2,1H3,(H,27,33)(H,28,34)(H2,26,36,37). The molecule has 0 aliphatic rings. The summed E-state index contributed by atoms with van der Waals surface area (Å²) >= 11 is 0. The number of nitrogens with zero attached hydrogens (tertiary/aromatic N) is 4. The van der Waals surface area contributed by atoms with E-state index in [-0.39, 0.29) is 35.0 Å². The summed E-state index contributed by atoms with van der Waals surface area (Å²) in [4.78, 5) is 41.5. The molecule has 39 heavy (non-hydrogen) atoms. The Labute approximate surface area is 219 Å². The van der Waals surface area contributed by atoms with Crippen LogP contribution in [-0.4, -0.2) is 39.4 Å². The Hall–Kier alpha value is -4.89. The summed E-state index contributed by atoms with van der Waals surface area (Å²) in [5.74, 6) is -2.76. The van der Waals surface area contributed by atoms with Crippen LogP contribution in [-0.2, 0) is 30.2 Å². The molecule has 15 heteroatoms. The average Bonchev–Trinajstić information content (AvgIpc) is 3.43. The summed E-state index contributed by atoms with van der Waals surface area (Å²) < 4.78 is 44.9. The third-order valence-electron chi connectivity index (χ3n) is 5.88. The Balaban J connectivity index is 1.37. The van der Waals surface area contributed by atoms with Crippen molar-refractivity contribution in [1.82, 2.24) is 29.8 Å². The van der Waals surface area contributed by atoms with Crippen LogP contribution in [0.3, 0.4) is 0 Å². The normalized spacial score (nSPS) is 11.7. The molecule has 0 bridgehead atoms. The molecule has 200 valence electrons. The molecule has 0 unspecified atom stereocenters. The fourth-order valence-corrected chi connectivity index (χ4v) is 4.46. The van der Waals surface area contributed by atoms with Gasteiger partial charge in [-0.2, -0.15) is 5.10 Å². The van der Waals surface area contributed by atoms with Gasteiger partial charge in [0.1, 0.15) is 11.4 Å². The lowest BCUT2D eigenvalue weighted by molar-refractivity contribution is 0.0942. The van der Waals surface area contributed by atoms with Gasteiger partial charge in [-0.1, -0.05) is 18.2 Å². The number of oxazole rings is 1. The molecule has 0 atom stereocenters. The second-order valence-corrected chi connectivity index (χ2v) is 10.1. The fraction of sp³-hybridized carbons (Fsp3) is 0.125. The highest BCUT2D eigenvalue weighted by molar-refractivity contribution is 7.89. The van der Waals surface area contributed by atoms with Gasteiger partial charge in [-0.25, -0.2) is 32.2 Å². The van der Waals surface area contributed by atoms with Gasteiger partial charge in [0.05, 0.1) is 16.6 Å². The molecular weight excluding hydrogens is 533 g/mol. The number of primary sulfonamides is 1. The number of halogens is 1. The number of hydrogen-bond acceptors (Lipinski definition) is 8. The molecule has 5 aromatic rings. The van der Waals surface area contributed by atoms with E-state index in [0.717, 1.165) is 16.8 Å². The first-order chi connectivity index (χ1) is 18.5. The molecule has 0 aliphatic heterocycles. The molecule has 13 nitrogen and oxygen atoms in total. The molecule has 0 saturated carbocycles. The van der Waals surface area contributed by atoms with Gasteiger partial charge in [0.2, 0.25) is 10.0 Å². The van der Waals surface area contributed by atoms with Crippen LogP contribution in [0.15, 0.2) is 68.8 Å². The van der Waals surface area contributed by atoms with Gasteiger partial charge in [0.15, 0.2) is 17.0 Å². The van der Waals surface area contributed by atoms with Crippen LogP contribution < -0.4 is 21.5 Å². The zero-order valence-corrected chi connectivity index (χ0v) is 21.0. The summed E-state index contributed by atoms with van der Waals surface area (Å²) in [6.45, 7) is -0.0407. The lowest BCUT2D eigenvalue weighted by atomic mass is 10.2. The van der Waals surface area contributed by atoms with E-state index in [0.29, 0.717) is 22.2 Å². The van der Waals surface area contributed by atoms with E-state index in [1.807, 2.05) is 0 Å². The molecule has 0 saturated heterocycles. The monoisotopic (exact) mass is 553 g/mol. The van der Waals surface area contributed by atoms with Crippen molar-refractivity contribution in [3.63, 3.8) is 0 Å². The number of carbonyl (C=O) groups is 2. The van der Waals surface area contributed by atoms with E-state index in [1.165, 1.54) is 22.8 Å². The fourth-order valence-electron chi connectivity index (χ4n) is 3.87. The quantitative estimate of drug-likeness (QED) is 0.264. The van der Waals surface area contributed by atoms with E-state index in [4.69, 9.17) is 9.56 Å². The van der Waals surface area contributed by atoms with Crippen LogP contribution in [0.5, 0.6) is 0 Å². The first-order valence-electron chi connectivity index (χ1n) is 11.3. The van der Waals surface area contributed by atoms with Crippen molar-refractivity contribution >= 4 is 38.6 Å². The second-order valence-electron chi connectivity index (χ2n) is 8.54. The van der Waals surface area contributed by atoms with Crippen LogP contribution >= 0.6 is 0 Å². The Morgan fingerprint density at radius 2 is 1.77 bits per heavy atom. The minimum Gasteiger partial charge on any atom is -0.408 e. The zero-order valence-electron chi connectivity index (χ0n) is 20.2. The number of aryl methyl sites for hydroxylation is 1. The third-order valence-corrected chi connectivity index (χ3v) is 6.79. The molecule has 3 aromatic heterocycles. The summed E-state index contributed by atoms with van der Waals surface area (Å²) in [7, 11) is -2.38. The van der Waals surface area contributed by atoms with Crippen LogP contribution in [0.4, 0.5) is 4.39 Å². The van der Waals surface area contributed by atoms with Gasteiger partial charge in [0, 0.05) is 26.2 Å². The number of carbonyl (C=O) groups excluding carboxylic acids is 2. The second kappa shape index (κ2) is 9.77. The van der Waals surface area contributed by atoms with E-state index in [1.54, 1.807) is 31.3 Å². The van der Waals surface area contributed by atoms with Crippen molar-refractivity contribution in [2.45, 2.75) is 18.0 Å². The number of fused-ring (bicyclic) bond motifs is 2. The number of amides is 2. The van der Waals surface area contributed by atoms with E-state index >= 15 is 0 Å². The van der Waals surface area contributed by atoms with Crippen molar-refractivity contribution in [1.29, 1.82) is 0 Å². The Kier molecular flexibility index (Phi) is 6.45. The largest absolute Gasteiger partial charge is 0.419 e. The minimum absolute atomic E-state index is 0.0463. The molecule has 0 fully saturated rings. The molecule has 2 aromatic carbocycles. The van der Waals surface area contributed by atoms with Crippen LogP contribution in [0.1, 0.15) is 32.1 Å². The van der Waals surface area contributed by atoms with Crippen LogP contribution in [0.25, 0.3) is 16.7 Å². The lowest BCUT2D eigenvalue weighted by Gasteiger charge is -2.10. The summed E-state index contributed by atoms with van der Waals surface area (Å²) in [6, 6.07) is 11.8. The molecule has 4 N–H and O–H groups in total. The highest BCUT2D eigenvalue weighted by Gasteiger charge is 2.20. The number of rotatable bonds is 7. The first kappa shape index (κ1) is 25.7. The topological polar surface area (TPSA) is 184 Å². The highest BCUT2D eigenvalue weighted by atomic mass is 32.2. The first-order valence-corrected chi connectivity index (χ1v) is 12.9. The third kappa shape index (κ3) is 5.12. The number of nitrogens with one attached hydrogen (secondary N) is 2. The maximum Gasteiger partial charge on any atom is 0.419 e. The number of aromatic nitrogens is 4. The van der Waals surface area contributed by atoms with Gasteiger partial charge >= 0.3 is 5.76 Å². The number of sulfonamides is 1. The van der Waals surface area contributed by atoms with E-state index in [2.05, 4.69) is 20.7 Å². The van der Waals surface area contributed by atoms with Crippen molar-refractivity contribution in [2.24, 2.45) is 12.2 Å². The van der Waals surface area contributed by atoms with Gasteiger partial charge in [0.25, 0.3) is 11.8 Å².